The Hall–Kier alpha value is -0.520. The van der Waals surface area contributed by atoms with Crippen LogP contribution in [-0.4, -0.2) is 62.7 Å². The molecule has 2 N–H and O–H groups in total. The van der Waals surface area contributed by atoms with Gasteiger partial charge in [0.1, 0.15) is 12.4 Å². The minimum Gasteiger partial charge on any atom is -0.490 e. The van der Waals surface area contributed by atoms with Gasteiger partial charge in [0.2, 0.25) is 0 Å². The van der Waals surface area contributed by atoms with Crippen LogP contribution >= 0.6 is 23.2 Å². The topological polar surface area (TPSA) is 41.7 Å². The first-order valence-corrected chi connectivity index (χ1v) is 8.07. The molecule has 0 radical (unpaired) electrons. The molecule has 1 fully saturated rings. The molecule has 6 heteroatoms. The third kappa shape index (κ3) is 5.01. The van der Waals surface area contributed by atoms with E-state index in [0.29, 0.717) is 29.6 Å². The molecule has 1 aliphatic rings. The molecule has 0 aliphatic carbocycles. The summed E-state index contributed by atoms with van der Waals surface area (Å²) >= 11 is 12.3. The molecule has 0 unspecified atom stereocenters. The smallest absolute Gasteiger partial charge is 0.141 e. The van der Waals surface area contributed by atoms with E-state index in [9.17, 15) is 0 Å². The van der Waals surface area contributed by atoms with Crippen LogP contribution < -0.4 is 10.5 Å². The predicted molar refractivity (Wildman–Crippen MR) is 88.7 cm³/mol. The Labute approximate surface area is 136 Å². The summed E-state index contributed by atoms with van der Waals surface area (Å²) in [6, 6.07) is 3.60. The standard InChI is InChI=1S/C15H23Cl2N3O/c1-19-4-6-20(7-5-19)8-9-21-15-12(2-3-18)10-13(16)11-14(15)17/h10-11H,2-9,18H2,1H3. The van der Waals surface area contributed by atoms with Crippen molar-refractivity contribution in [1.82, 2.24) is 9.80 Å². The van der Waals surface area contributed by atoms with Crippen molar-refractivity contribution in [3.63, 3.8) is 0 Å². The lowest BCUT2D eigenvalue weighted by Gasteiger charge is -2.32. The molecule has 118 valence electrons. The summed E-state index contributed by atoms with van der Waals surface area (Å²) in [5, 5.41) is 1.18. The highest BCUT2D eigenvalue weighted by Gasteiger charge is 2.15. The van der Waals surface area contributed by atoms with Crippen molar-refractivity contribution in [2.75, 3.05) is 52.9 Å². The van der Waals surface area contributed by atoms with Crippen LogP contribution in [0.5, 0.6) is 5.75 Å². The van der Waals surface area contributed by atoms with Crippen molar-refractivity contribution >= 4 is 23.2 Å². The first-order chi connectivity index (χ1) is 10.1. The highest BCUT2D eigenvalue weighted by atomic mass is 35.5. The average molecular weight is 332 g/mol. The van der Waals surface area contributed by atoms with Crippen molar-refractivity contribution in [3.05, 3.63) is 27.7 Å². The van der Waals surface area contributed by atoms with Crippen molar-refractivity contribution in [2.45, 2.75) is 6.42 Å². The molecule has 0 atom stereocenters. The van der Waals surface area contributed by atoms with Crippen LogP contribution in [0.4, 0.5) is 0 Å². The fourth-order valence-electron chi connectivity index (χ4n) is 2.46. The van der Waals surface area contributed by atoms with Gasteiger partial charge < -0.3 is 15.4 Å². The second-order valence-electron chi connectivity index (χ2n) is 5.41. The molecular weight excluding hydrogens is 309 g/mol. The summed E-state index contributed by atoms with van der Waals surface area (Å²) in [4.78, 5) is 4.75. The van der Waals surface area contributed by atoms with Crippen LogP contribution in [0.1, 0.15) is 5.56 Å². The van der Waals surface area contributed by atoms with E-state index in [1.807, 2.05) is 6.07 Å². The van der Waals surface area contributed by atoms with Gasteiger partial charge in [-0.05, 0) is 37.7 Å². The third-order valence-electron chi connectivity index (χ3n) is 3.75. The van der Waals surface area contributed by atoms with Gasteiger partial charge >= 0.3 is 0 Å². The summed E-state index contributed by atoms with van der Waals surface area (Å²) < 4.78 is 5.90. The number of hydrogen-bond donors (Lipinski definition) is 1. The van der Waals surface area contributed by atoms with Gasteiger partial charge in [0.25, 0.3) is 0 Å². The Kier molecular flexibility index (Phi) is 6.58. The van der Waals surface area contributed by atoms with Gasteiger partial charge in [-0.25, -0.2) is 0 Å². The van der Waals surface area contributed by atoms with E-state index < -0.39 is 0 Å². The number of rotatable bonds is 6. The fraction of sp³-hybridized carbons (Fsp3) is 0.600. The van der Waals surface area contributed by atoms with Gasteiger partial charge in [-0.2, -0.15) is 0 Å². The number of halogens is 2. The maximum atomic E-state index is 6.24. The van der Waals surface area contributed by atoms with Gasteiger partial charge in [0.15, 0.2) is 0 Å². The molecule has 0 amide bonds. The van der Waals surface area contributed by atoms with Gasteiger partial charge in [0.05, 0.1) is 5.02 Å². The zero-order valence-electron chi connectivity index (χ0n) is 12.4. The second kappa shape index (κ2) is 8.20. The fourth-order valence-corrected chi connectivity index (χ4v) is 3.05. The van der Waals surface area contributed by atoms with Crippen molar-refractivity contribution in [3.8, 4) is 5.75 Å². The molecule has 2 rings (SSSR count). The first kappa shape index (κ1) is 16.8. The lowest BCUT2D eigenvalue weighted by atomic mass is 10.1. The average Bonchev–Trinajstić information content (AvgIpc) is 2.44. The lowest BCUT2D eigenvalue weighted by Crippen LogP contribution is -2.45. The predicted octanol–water partition coefficient (Wildman–Crippen LogP) is 2.12. The Morgan fingerprint density at radius 3 is 2.57 bits per heavy atom. The molecule has 1 saturated heterocycles. The molecule has 0 bridgehead atoms. The van der Waals surface area contributed by atoms with Crippen LogP contribution in [0.3, 0.4) is 0 Å². The Bertz CT molecular complexity index is 462. The SMILES string of the molecule is CN1CCN(CCOc2c(Cl)cc(Cl)cc2CCN)CC1. The molecule has 1 aromatic rings. The van der Waals surface area contributed by atoms with Crippen molar-refractivity contribution < 1.29 is 4.74 Å². The molecule has 21 heavy (non-hydrogen) atoms. The van der Waals surface area contributed by atoms with Crippen LogP contribution in [-0.2, 0) is 6.42 Å². The number of nitrogens with zero attached hydrogens (tertiary/aromatic N) is 2. The Morgan fingerprint density at radius 1 is 1.19 bits per heavy atom. The Morgan fingerprint density at radius 2 is 1.90 bits per heavy atom. The largest absolute Gasteiger partial charge is 0.490 e. The van der Waals surface area contributed by atoms with Gasteiger partial charge in [-0.1, -0.05) is 23.2 Å². The highest BCUT2D eigenvalue weighted by molar-refractivity contribution is 6.35. The van der Waals surface area contributed by atoms with Crippen LogP contribution in [0.2, 0.25) is 10.0 Å². The molecule has 0 aromatic heterocycles. The molecule has 0 spiro atoms. The minimum absolute atomic E-state index is 0.547. The van der Waals surface area contributed by atoms with Gasteiger partial charge in [0, 0.05) is 37.7 Å². The molecule has 1 aliphatic heterocycles. The quantitative estimate of drug-likeness (QED) is 0.866. The normalized spacial score (nSPS) is 17.1. The molecule has 4 nitrogen and oxygen atoms in total. The van der Waals surface area contributed by atoms with Gasteiger partial charge in [-0.3, -0.25) is 4.90 Å². The van der Waals surface area contributed by atoms with E-state index in [1.54, 1.807) is 6.07 Å². The number of piperazine rings is 1. The lowest BCUT2D eigenvalue weighted by molar-refractivity contribution is 0.133. The van der Waals surface area contributed by atoms with E-state index in [4.69, 9.17) is 33.7 Å². The van der Waals surface area contributed by atoms with E-state index in [-0.39, 0.29) is 0 Å². The monoisotopic (exact) mass is 331 g/mol. The van der Waals surface area contributed by atoms with E-state index >= 15 is 0 Å². The van der Waals surface area contributed by atoms with Crippen molar-refractivity contribution in [2.24, 2.45) is 5.73 Å². The molecular formula is C15H23Cl2N3O. The number of benzene rings is 1. The zero-order valence-corrected chi connectivity index (χ0v) is 14.0. The number of ether oxygens (including phenoxy) is 1. The summed E-state index contributed by atoms with van der Waals surface area (Å²) in [7, 11) is 2.15. The first-order valence-electron chi connectivity index (χ1n) is 7.32. The number of nitrogens with two attached hydrogens (primary N) is 1. The highest BCUT2D eigenvalue weighted by Crippen LogP contribution is 2.32. The maximum Gasteiger partial charge on any atom is 0.141 e. The van der Waals surface area contributed by atoms with Gasteiger partial charge in [-0.15, -0.1) is 0 Å². The zero-order chi connectivity index (χ0) is 15.2. The summed E-state index contributed by atoms with van der Waals surface area (Å²) in [6.07, 6.45) is 0.712. The van der Waals surface area contributed by atoms with E-state index in [0.717, 1.165) is 44.0 Å². The van der Waals surface area contributed by atoms with Crippen molar-refractivity contribution in [1.29, 1.82) is 0 Å². The minimum atomic E-state index is 0.547. The van der Waals surface area contributed by atoms with Crippen LogP contribution in [0.25, 0.3) is 0 Å². The summed E-state index contributed by atoms with van der Waals surface area (Å²) in [6.45, 7) is 6.48. The summed E-state index contributed by atoms with van der Waals surface area (Å²) in [5.74, 6) is 0.723. The Balaban J connectivity index is 1.90. The number of likely N-dealkylation sites (N-methyl/N-ethyl adjacent to an activating group) is 1. The third-order valence-corrected chi connectivity index (χ3v) is 4.25. The molecule has 0 saturated carbocycles. The van der Waals surface area contributed by atoms with E-state index in [2.05, 4.69) is 16.8 Å². The maximum absolute atomic E-state index is 6.24. The van der Waals surface area contributed by atoms with Crippen LogP contribution in [0, 0.1) is 0 Å². The molecule has 1 aromatic carbocycles. The second-order valence-corrected chi connectivity index (χ2v) is 6.25. The summed E-state index contributed by atoms with van der Waals surface area (Å²) in [5.41, 5.74) is 6.61. The van der Waals surface area contributed by atoms with Crippen LogP contribution in [0.15, 0.2) is 12.1 Å². The van der Waals surface area contributed by atoms with E-state index in [1.165, 1.54) is 0 Å². The number of hydrogen-bond acceptors (Lipinski definition) is 4. The molecule has 1 heterocycles.